The lowest BCUT2D eigenvalue weighted by Gasteiger charge is -2.30. The number of anilines is 1. The van der Waals surface area contributed by atoms with Gasteiger partial charge in [-0.3, -0.25) is 4.40 Å². The maximum atomic E-state index is 9.78. The Labute approximate surface area is 163 Å². The van der Waals surface area contributed by atoms with Gasteiger partial charge in [-0.05, 0) is 25.0 Å². The van der Waals surface area contributed by atoms with Gasteiger partial charge in [-0.25, -0.2) is 9.97 Å². The van der Waals surface area contributed by atoms with Gasteiger partial charge in [-0.1, -0.05) is 0 Å². The molecule has 1 saturated heterocycles. The second-order valence-corrected chi connectivity index (χ2v) is 6.72. The number of aromatic nitrogens is 3. The molecular weight excluding hydrogens is 360 g/mol. The number of imidazole rings is 1. The van der Waals surface area contributed by atoms with Crippen LogP contribution in [0.5, 0.6) is 17.2 Å². The molecule has 1 aromatic carbocycles. The van der Waals surface area contributed by atoms with E-state index in [1.54, 1.807) is 27.5 Å². The van der Waals surface area contributed by atoms with E-state index in [4.69, 9.17) is 14.2 Å². The molecule has 1 aliphatic heterocycles. The molecule has 0 saturated carbocycles. The molecule has 0 unspecified atom stereocenters. The summed E-state index contributed by atoms with van der Waals surface area (Å²) in [6, 6.07) is 3.81. The van der Waals surface area contributed by atoms with Crippen LogP contribution < -0.4 is 19.1 Å². The molecule has 8 heteroatoms. The molecule has 4 rings (SSSR count). The van der Waals surface area contributed by atoms with Gasteiger partial charge in [0.25, 0.3) is 0 Å². The molecule has 0 spiro atoms. The molecule has 3 heterocycles. The number of benzene rings is 1. The van der Waals surface area contributed by atoms with Crippen molar-refractivity contribution in [2.75, 3.05) is 39.3 Å². The lowest BCUT2D eigenvalue weighted by atomic mass is 10.1. The van der Waals surface area contributed by atoms with Gasteiger partial charge >= 0.3 is 0 Å². The molecule has 148 valence electrons. The normalized spacial score (nSPS) is 15.1. The van der Waals surface area contributed by atoms with Crippen LogP contribution in [0.25, 0.3) is 16.9 Å². The molecule has 2 aromatic heterocycles. The van der Waals surface area contributed by atoms with Crippen LogP contribution in [0.2, 0.25) is 0 Å². The highest BCUT2D eigenvalue weighted by Crippen LogP contribution is 2.41. The van der Waals surface area contributed by atoms with E-state index < -0.39 is 0 Å². The van der Waals surface area contributed by atoms with Crippen molar-refractivity contribution < 1.29 is 19.3 Å². The highest BCUT2D eigenvalue weighted by Gasteiger charge is 2.22. The van der Waals surface area contributed by atoms with Crippen molar-refractivity contribution in [2.24, 2.45) is 0 Å². The SMILES string of the molecule is COc1cc(-c2cnc3c(N4CCC(O)CC4)nccn23)cc(OC)c1OC. The number of rotatable bonds is 5. The summed E-state index contributed by atoms with van der Waals surface area (Å²) in [5.74, 6) is 2.56. The lowest BCUT2D eigenvalue weighted by Crippen LogP contribution is -2.36. The second kappa shape index (κ2) is 7.55. The fraction of sp³-hybridized carbons (Fsp3) is 0.400. The van der Waals surface area contributed by atoms with Gasteiger partial charge in [0.15, 0.2) is 23.0 Å². The summed E-state index contributed by atoms with van der Waals surface area (Å²) >= 11 is 0. The zero-order chi connectivity index (χ0) is 19.7. The standard InChI is InChI=1S/C20H24N4O4/c1-26-16-10-13(11-17(27-2)18(16)28-3)15-12-22-20-19(21-6-9-24(15)20)23-7-4-14(25)5-8-23/h6,9-12,14,25H,4-5,7-8H2,1-3H3. The van der Waals surface area contributed by atoms with E-state index in [0.29, 0.717) is 17.2 Å². The second-order valence-electron chi connectivity index (χ2n) is 6.72. The van der Waals surface area contributed by atoms with Gasteiger partial charge in [0.2, 0.25) is 5.75 Å². The number of hydrogen-bond acceptors (Lipinski definition) is 7. The predicted molar refractivity (Wildman–Crippen MR) is 106 cm³/mol. The van der Waals surface area contributed by atoms with Crippen LogP contribution in [-0.4, -0.2) is 60.0 Å². The van der Waals surface area contributed by atoms with Gasteiger partial charge in [-0.15, -0.1) is 0 Å². The zero-order valence-electron chi connectivity index (χ0n) is 16.3. The van der Waals surface area contributed by atoms with Crippen LogP contribution in [0.3, 0.4) is 0 Å². The number of aliphatic hydroxyl groups is 1. The average molecular weight is 384 g/mol. The molecule has 0 radical (unpaired) electrons. The Morgan fingerprint density at radius 3 is 2.29 bits per heavy atom. The molecule has 0 bridgehead atoms. The van der Waals surface area contributed by atoms with Gasteiger partial charge < -0.3 is 24.2 Å². The summed E-state index contributed by atoms with van der Waals surface area (Å²) in [6.07, 6.45) is 6.73. The minimum Gasteiger partial charge on any atom is -0.493 e. The molecule has 28 heavy (non-hydrogen) atoms. The lowest BCUT2D eigenvalue weighted by molar-refractivity contribution is 0.145. The van der Waals surface area contributed by atoms with E-state index >= 15 is 0 Å². The number of nitrogens with zero attached hydrogens (tertiary/aromatic N) is 4. The van der Waals surface area contributed by atoms with Gasteiger partial charge in [-0.2, -0.15) is 0 Å². The molecule has 0 atom stereocenters. The monoisotopic (exact) mass is 384 g/mol. The highest BCUT2D eigenvalue weighted by molar-refractivity contribution is 5.74. The fourth-order valence-electron chi connectivity index (χ4n) is 3.65. The smallest absolute Gasteiger partial charge is 0.203 e. The summed E-state index contributed by atoms with van der Waals surface area (Å²) in [7, 11) is 4.78. The maximum Gasteiger partial charge on any atom is 0.203 e. The number of aliphatic hydroxyl groups excluding tert-OH is 1. The van der Waals surface area contributed by atoms with Crippen LogP contribution in [-0.2, 0) is 0 Å². The largest absolute Gasteiger partial charge is 0.493 e. The van der Waals surface area contributed by atoms with Crippen molar-refractivity contribution in [1.82, 2.24) is 14.4 Å². The van der Waals surface area contributed by atoms with Crippen LogP contribution in [0, 0.1) is 0 Å². The average Bonchev–Trinajstić information content (AvgIpc) is 3.17. The van der Waals surface area contributed by atoms with E-state index in [1.807, 2.05) is 28.9 Å². The van der Waals surface area contributed by atoms with E-state index in [0.717, 1.165) is 48.7 Å². The first-order valence-corrected chi connectivity index (χ1v) is 9.21. The third kappa shape index (κ3) is 3.09. The molecule has 1 fully saturated rings. The highest BCUT2D eigenvalue weighted by atomic mass is 16.5. The summed E-state index contributed by atoms with van der Waals surface area (Å²) in [6.45, 7) is 1.53. The predicted octanol–water partition coefficient (Wildman–Crippen LogP) is 2.38. The Kier molecular flexibility index (Phi) is 4.95. The molecule has 3 aromatic rings. The number of fused-ring (bicyclic) bond motifs is 1. The summed E-state index contributed by atoms with van der Waals surface area (Å²) < 4.78 is 18.4. The third-order valence-electron chi connectivity index (χ3n) is 5.13. The van der Waals surface area contributed by atoms with Gasteiger partial charge in [0.1, 0.15) is 0 Å². The van der Waals surface area contributed by atoms with E-state index in [-0.39, 0.29) is 6.10 Å². The van der Waals surface area contributed by atoms with E-state index in [9.17, 15) is 5.11 Å². The number of piperidine rings is 1. The Morgan fingerprint density at radius 1 is 1.00 bits per heavy atom. The molecule has 0 aliphatic carbocycles. The van der Waals surface area contributed by atoms with Gasteiger partial charge in [0, 0.05) is 31.0 Å². The van der Waals surface area contributed by atoms with E-state index in [2.05, 4.69) is 14.9 Å². The Morgan fingerprint density at radius 2 is 1.68 bits per heavy atom. The van der Waals surface area contributed by atoms with Crippen LogP contribution >= 0.6 is 0 Å². The number of hydrogen-bond donors (Lipinski definition) is 1. The topological polar surface area (TPSA) is 81.4 Å². The van der Waals surface area contributed by atoms with Crippen LogP contribution in [0.15, 0.2) is 30.7 Å². The minimum atomic E-state index is -0.231. The van der Waals surface area contributed by atoms with Crippen molar-refractivity contribution >= 4 is 11.5 Å². The third-order valence-corrected chi connectivity index (χ3v) is 5.13. The molecule has 8 nitrogen and oxygen atoms in total. The fourth-order valence-corrected chi connectivity index (χ4v) is 3.65. The molecule has 1 aliphatic rings. The Hall–Kier alpha value is -3.00. The maximum absolute atomic E-state index is 9.78. The molecule has 1 N–H and O–H groups in total. The first-order chi connectivity index (χ1) is 13.7. The Bertz CT molecular complexity index is 954. The summed E-state index contributed by atoms with van der Waals surface area (Å²) in [5, 5.41) is 9.78. The molecular formula is C20H24N4O4. The van der Waals surface area contributed by atoms with Crippen LogP contribution in [0.1, 0.15) is 12.8 Å². The van der Waals surface area contributed by atoms with Crippen molar-refractivity contribution in [3.63, 3.8) is 0 Å². The first-order valence-electron chi connectivity index (χ1n) is 9.21. The number of ether oxygens (including phenoxy) is 3. The number of methoxy groups -OCH3 is 3. The summed E-state index contributed by atoms with van der Waals surface area (Å²) in [4.78, 5) is 11.3. The van der Waals surface area contributed by atoms with Crippen molar-refractivity contribution in [1.29, 1.82) is 0 Å². The minimum absolute atomic E-state index is 0.231. The zero-order valence-corrected chi connectivity index (χ0v) is 16.3. The van der Waals surface area contributed by atoms with E-state index in [1.165, 1.54) is 0 Å². The Balaban J connectivity index is 1.80. The quantitative estimate of drug-likeness (QED) is 0.723. The van der Waals surface area contributed by atoms with Gasteiger partial charge in [0.05, 0.1) is 39.3 Å². The summed E-state index contributed by atoms with van der Waals surface area (Å²) in [5.41, 5.74) is 2.57. The first kappa shape index (κ1) is 18.4. The van der Waals surface area contributed by atoms with Crippen molar-refractivity contribution in [3.8, 4) is 28.5 Å². The van der Waals surface area contributed by atoms with Crippen molar-refractivity contribution in [3.05, 3.63) is 30.7 Å². The molecule has 0 amide bonds. The van der Waals surface area contributed by atoms with Crippen molar-refractivity contribution in [2.45, 2.75) is 18.9 Å². The van der Waals surface area contributed by atoms with Crippen LogP contribution in [0.4, 0.5) is 5.82 Å².